The average Bonchev–Trinajstić information content (AvgIpc) is 2.76. The lowest BCUT2D eigenvalue weighted by Gasteiger charge is -2.18. The number of likely N-dealkylation sites (N-methyl/N-ethyl adjacent to an activating group) is 1. The molecule has 0 unspecified atom stereocenters. The van der Waals surface area contributed by atoms with Crippen LogP contribution in [0.5, 0.6) is 0 Å². The highest BCUT2D eigenvalue weighted by Crippen LogP contribution is 2.10. The number of nitrogens with zero attached hydrogens (tertiary/aromatic N) is 1. The van der Waals surface area contributed by atoms with Crippen LogP contribution in [0.25, 0.3) is 0 Å². The van der Waals surface area contributed by atoms with E-state index in [0.29, 0.717) is 0 Å². The molecule has 0 saturated heterocycles. The summed E-state index contributed by atoms with van der Waals surface area (Å²) in [5, 5.41) is 3.08. The van der Waals surface area contributed by atoms with E-state index in [1.165, 1.54) is 0 Å². The molecule has 0 amide bonds. The Kier molecular flexibility index (Phi) is 6.93. The van der Waals surface area contributed by atoms with Crippen molar-refractivity contribution in [3.05, 3.63) is 23.7 Å². The van der Waals surface area contributed by atoms with E-state index >= 15 is 0 Å². The zero-order valence-corrected chi connectivity index (χ0v) is 11.2. The average molecular weight is 240 g/mol. The van der Waals surface area contributed by atoms with Crippen LogP contribution in [0, 0.1) is 0 Å². The first-order valence-corrected chi connectivity index (χ1v) is 6.32. The fourth-order valence-corrected chi connectivity index (χ4v) is 1.68. The van der Waals surface area contributed by atoms with Crippen LogP contribution in [0.15, 0.2) is 16.5 Å². The Morgan fingerprint density at radius 2 is 2.06 bits per heavy atom. The van der Waals surface area contributed by atoms with Crippen LogP contribution >= 0.6 is 0 Å². The van der Waals surface area contributed by atoms with E-state index in [0.717, 1.165) is 50.9 Å². The molecular formula is C13H24N2O2. The predicted molar refractivity (Wildman–Crippen MR) is 68.9 cm³/mol. The Morgan fingerprint density at radius 3 is 2.71 bits per heavy atom. The van der Waals surface area contributed by atoms with E-state index in [1.807, 2.05) is 20.0 Å². The predicted octanol–water partition coefficient (Wildman–Crippen LogP) is 1.86. The van der Waals surface area contributed by atoms with Gasteiger partial charge in [-0.05, 0) is 32.6 Å². The van der Waals surface area contributed by atoms with Crippen molar-refractivity contribution < 1.29 is 9.15 Å². The van der Waals surface area contributed by atoms with Crippen molar-refractivity contribution in [3.8, 4) is 0 Å². The molecule has 1 aromatic heterocycles. The minimum Gasteiger partial charge on any atom is -0.463 e. The van der Waals surface area contributed by atoms with Gasteiger partial charge in [0.2, 0.25) is 0 Å². The molecule has 1 heterocycles. The first kappa shape index (κ1) is 14.2. The zero-order valence-electron chi connectivity index (χ0n) is 11.2. The summed E-state index contributed by atoms with van der Waals surface area (Å²) in [6, 6.07) is 4.08. The van der Waals surface area contributed by atoms with E-state index in [4.69, 9.17) is 9.15 Å². The second-order valence-corrected chi connectivity index (χ2v) is 3.96. The Bertz CT molecular complexity index is 299. The molecule has 0 radical (unpaired) electrons. The van der Waals surface area contributed by atoms with Crippen LogP contribution in [-0.4, -0.2) is 38.3 Å². The summed E-state index contributed by atoms with van der Waals surface area (Å²) in [5.74, 6) is 2.01. The number of nitrogens with one attached hydrogen (secondary N) is 1. The first-order valence-electron chi connectivity index (χ1n) is 6.32. The van der Waals surface area contributed by atoms with Gasteiger partial charge in [0.15, 0.2) is 0 Å². The van der Waals surface area contributed by atoms with E-state index in [2.05, 4.69) is 23.2 Å². The van der Waals surface area contributed by atoms with Crippen molar-refractivity contribution in [2.45, 2.75) is 26.9 Å². The van der Waals surface area contributed by atoms with Crippen molar-refractivity contribution in [2.75, 3.05) is 33.4 Å². The molecule has 1 N–H and O–H groups in total. The monoisotopic (exact) mass is 240 g/mol. The number of furan rings is 1. The van der Waals surface area contributed by atoms with Crippen molar-refractivity contribution in [1.29, 1.82) is 0 Å². The van der Waals surface area contributed by atoms with Gasteiger partial charge in [-0.15, -0.1) is 0 Å². The third-order valence-corrected chi connectivity index (χ3v) is 2.65. The minimum atomic E-state index is 0.782. The summed E-state index contributed by atoms with van der Waals surface area (Å²) < 4.78 is 11.1. The fraction of sp³-hybridized carbons (Fsp3) is 0.692. The maximum atomic E-state index is 5.72. The lowest BCUT2D eigenvalue weighted by Crippen LogP contribution is -2.26. The summed E-state index contributed by atoms with van der Waals surface area (Å²) in [5.41, 5.74) is 0. The molecule has 0 fully saturated rings. The zero-order chi connectivity index (χ0) is 12.5. The van der Waals surface area contributed by atoms with Crippen LogP contribution in [0.4, 0.5) is 0 Å². The summed E-state index contributed by atoms with van der Waals surface area (Å²) in [4.78, 5) is 2.32. The molecule has 0 atom stereocenters. The lowest BCUT2D eigenvalue weighted by molar-refractivity contribution is 0.110. The van der Waals surface area contributed by atoms with Gasteiger partial charge < -0.3 is 14.5 Å². The number of hydrogen-bond acceptors (Lipinski definition) is 4. The molecular weight excluding hydrogens is 216 g/mol. The maximum absolute atomic E-state index is 5.72. The second kappa shape index (κ2) is 8.28. The van der Waals surface area contributed by atoms with Crippen LogP contribution in [0.2, 0.25) is 0 Å². The van der Waals surface area contributed by atoms with Gasteiger partial charge in [-0.3, -0.25) is 4.90 Å². The third-order valence-electron chi connectivity index (χ3n) is 2.65. The molecule has 0 spiro atoms. The quantitative estimate of drug-likeness (QED) is 0.669. The van der Waals surface area contributed by atoms with E-state index in [-0.39, 0.29) is 0 Å². The molecule has 1 rings (SSSR count). The third kappa shape index (κ3) is 5.35. The van der Waals surface area contributed by atoms with Crippen LogP contribution in [0.1, 0.15) is 25.4 Å². The summed E-state index contributed by atoms with van der Waals surface area (Å²) >= 11 is 0. The Labute approximate surface area is 104 Å². The van der Waals surface area contributed by atoms with Gasteiger partial charge in [0.1, 0.15) is 11.5 Å². The highest BCUT2D eigenvalue weighted by molar-refractivity contribution is 5.06. The molecule has 0 aliphatic rings. The standard InChI is InChI=1S/C13H24N2O2/c1-4-15(8-9-16-5-2)11-13-7-6-12(17-13)10-14-3/h6-7,14H,4-5,8-11H2,1-3H3. The Morgan fingerprint density at radius 1 is 1.29 bits per heavy atom. The summed E-state index contributed by atoms with van der Waals surface area (Å²) in [7, 11) is 1.92. The molecule has 4 nitrogen and oxygen atoms in total. The van der Waals surface area contributed by atoms with Gasteiger partial charge in [0, 0.05) is 13.2 Å². The van der Waals surface area contributed by atoms with Crippen molar-refractivity contribution in [2.24, 2.45) is 0 Å². The van der Waals surface area contributed by atoms with E-state index in [9.17, 15) is 0 Å². The van der Waals surface area contributed by atoms with Gasteiger partial charge in [-0.1, -0.05) is 6.92 Å². The molecule has 1 aromatic rings. The van der Waals surface area contributed by atoms with Gasteiger partial charge >= 0.3 is 0 Å². The number of rotatable bonds is 9. The Balaban J connectivity index is 2.37. The molecule has 0 aliphatic carbocycles. The number of hydrogen-bond donors (Lipinski definition) is 1. The maximum Gasteiger partial charge on any atom is 0.118 e. The summed E-state index contributed by atoms with van der Waals surface area (Å²) in [6.45, 7) is 9.34. The van der Waals surface area contributed by atoms with Gasteiger partial charge in [0.05, 0.1) is 19.7 Å². The second-order valence-electron chi connectivity index (χ2n) is 3.96. The van der Waals surface area contributed by atoms with Crippen LogP contribution in [0.3, 0.4) is 0 Å². The summed E-state index contributed by atoms with van der Waals surface area (Å²) in [6.07, 6.45) is 0. The van der Waals surface area contributed by atoms with Gasteiger partial charge in [-0.25, -0.2) is 0 Å². The topological polar surface area (TPSA) is 37.6 Å². The van der Waals surface area contributed by atoms with E-state index in [1.54, 1.807) is 0 Å². The van der Waals surface area contributed by atoms with Crippen LogP contribution < -0.4 is 5.32 Å². The molecule has 98 valence electrons. The van der Waals surface area contributed by atoms with Crippen LogP contribution in [-0.2, 0) is 17.8 Å². The molecule has 17 heavy (non-hydrogen) atoms. The van der Waals surface area contributed by atoms with Crippen molar-refractivity contribution >= 4 is 0 Å². The van der Waals surface area contributed by atoms with Gasteiger partial charge in [0.25, 0.3) is 0 Å². The van der Waals surface area contributed by atoms with E-state index < -0.39 is 0 Å². The van der Waals surface area contributed by atoms with Crippen molar-refractivity contribution in [3.63, 3.8) is 0 Å². The molecule has 0 bridgehead atoms. The largest absolute Gasteiger partial charge is 0.463 e. The molecule has 4 heteroatoms. The number of ether oxygens (including phenoxy) is 1. The SMILES string of the molecule is CCOCCN(CC)Cc1ccc(CNC)o1. The molecule has 0 saturated carbocycles. The highest BCUT2D eigenvalue weighted by atomic mass is 16.5. The lowest BCUT2D eigenvalue weighted by atomic mass is 10.4. The molecule has 0 aliphatic heterocycles. The smallest absolute Gasteiger partial charge is 0.118 e. The van der Waals surface area contributed by atoms with Gasteiger partial charge in [-0.2, -0.15) is 0 Å². The van der Waals surface area contributed by atoms with Crippen molar-refractivity contribution in [1.82, 2.24) is 10.2 Å². The highest BCUT2D eigenvalue weighted by Gasteiger charge is 2.07. The normalized spacial score (nSPS) is 11.3. The fourth-order valence-electron chi connectivity index (χ4n) is 1.68. The molecule has 0 aromatic carbocycles. The first-order chi connectivity index (χ1) is 8.30. The minimum absolute atomic E-state index is 0.782. The Hall–Kier alpha value is -0.840.